The first-order valence-corrected chi connectivity index (χ1v) is 6.66. The van der Waals surface area contributed by atoms with Gasteiger partial charge in [0.05, 0.1) is 6.61 Å². The molecule has 0 aliphatic heterocycles. The summed E-state index contributed by atoms with van der Waals surface area (Å²) >= 11 is 1.87. The lowest BCUT2D eigenvalue weighted by Crippen LogP contribution is -2.36. The van der Waals surface area contributed by atoms with Crippen molar-refractivity contribution in [1.29, 1.82) is 0 Å². The molecule has 2 nitrogen and oxygen atoms in total. The first kappa shape index (κ1) is 11.1. The number of aryl methyl sites for hydroxylation is 1. The van der Waals surface area contributed by atoms with Crippen LogP contribution in [0.1, 0.15) is 42.7 Å². The van der Waals surface area contributed by atoms with Gasteiger partial charge < -0.3 is 10.4 Å². The first-order chi connectivity index (χ1) is 7.35. The van der Waals surface area contributed by atoms with Crippen molar-refractivity contribution in [1.82, 2.24) is 5.32 Å². The van der Waals surface area contributed by atoms with Crippen LogP contribution >= 0.6 is 11.3 Å². The van der Waals surface area contributed by atoms with E-state index in [0.717, 1.165) is 6.42 Å². The first-order valence-electron chi connectivity index (χ1n) is 5.78. The van der Waals surface area contributed by atoms with Crippen molar-refractivity contribution >= 4 is 11.3 Å². The summed E-state index contributed by atoms with van der Waals surface area (Å²) in [7, 11) is 0. The van der Waals surface area contributed by atoms with Crippen molar-refractivity contribution in [3.63, 3.8) is 0 Å². The average molecular weight is 225 g/mol. The fourth-order valence-electron chi connectivity index (χ4n) is 2.24. The predicted octanol–water partition coefficient (Wildman–Crippen LogP) is 2.49. The zero-order chi connectivity index (χ0) is 10.7. The van der Waals surface area contributed by atoms with Gasteiger partial charge in [-0.25, -0.2) is 0 Å². The number of thiophene rings is 1. The molecule has 0 aromatic carbocycles. The van der Waals surface area contributed by atoms with E-state index < -0.39 is 0 Å². The molecule has 1 aromatic heterocycles. The Morgan fingerprint density at radius 3 is 3.27 bits per heavy atom. The highest BCUT2D eigenvalue weighted by molar-refractivity contribution is 7.10. The summed E-state index contributed by atoms with van der Waals surface area (Å²) in [6, 6.07) is 2.96. The molecule has 2 unspecified atom stereocenters. The molecule has 84 valence electrons. The normalized spacial score (nSPS) is 22.4. The van der Waals surface area contributed by atoms with Crippen LogP contribution in [0.5, 0.6) is 0 Å². The van der Waals surface area contributed by atoms with Crippen LogP contribution in [-0.4, -0.2) is 17.8 Å². The molecule has 0 bridgehead atoms. The molecule has 0 radical (unpaired) electrons. The van der Waals surface area contributed by atoms with Crippen LogP contribution in [0.2, 0.25) is 0 Å². The highest BCUT2D eigenvalue weighted by Crippen LogP contribution is 2.33. The molecule has 2 rings (SSSR count). The molecule has 15 heavy (non-hydrogen) atoms. The van der Waals surface area contributed by atoms with Gasteiger partial charge in [-0.2, -0.15) is 0 Å². The quantitative estimate of drug-likeness (QED) is 0.825. The Morgan fingerprint density at radius 2 is 2.53 bits per heavy atom. The molecule has 0 saturated carbocycles. The third-order valence-electron chi connectivity index (χ3n) is 3.20. The van der Waals surface area contributed by atoms with Gasteiger partial charge in [0.1, 0.15) is 0 Å². The lowest BCUT2D eigenvalue weighted by atomic mass is 9.93. The van der Waals surface area contributed by atoms with Gasteiger partial charge in [-0.15, -0.1) is 11.3 Å². The van der Waals surface area contributed by atoms with Crippen LogP contribution in [0.25, 0.3) is 0 Å². The smallest absolute Gasteiger partial charge is 0.0584 e. The van der Waals surface area contributed by atoms with Gasteiger partial charge in [0.15, 0.2) is 0 Å². The van der Waals surface area contributed by atoms with E-state index in [1.807, 2.05) is 11.3 Å². The SMILES string of the molecule is CCC(CO)NC1CCCc2sccc21. The summed E-state index contributed by atoms with van der Waals surface area (Å²) in [5, 5.41) is 14.9. The molecule has 2 N–H and O–H groups in total. The summed E-state index contributed by atoms with van der Waals surface area (Å²) < 4.78 is 0. The molecule has 1 aliphatic rings. The van der Waals surface area contributed by atoms with Gasteiger partial charge in [0.25, 0.3) is 0 Å². The second-order valence-corrected chi connectivity index (χ2v) is 5.20. The Balaban J connectivity index is 2.06. The fraction of sp³-hybridized carbons (Fsp3) is 0.667. The maximum Gasteiger partial charge on any atom is 0.0584 e. The minimum Gasteiger partial charge on any atom is -0.395 e. The minimum atomic E-state index is 0.243. The van der Waals surface area contributed by atoms with Gasteiger partial charge in [-0.05, 0) is 42.7 Å². The summed E-state index contributed by atoms with van der Waals surface area (Å²) in [6.45, 7) is 2.36. The van der Waals surface area contributed by atoms with Crippen LogP contribution in [0.15, 0.2) is 11.4 Å². The number of hydrogen-bond acceptors (Lipinski definition) is 3. The second kappa shape index (κ2) is 5.10. The number of aliphatic hydroxyl groups excluding tert-OH is 1. The molecule has 3 heteroatoms. The van der Waals surface area contributed by atoms with E-state index in [1.54, 1.807) is 0 Å². The predicted molar refractivity (Wildman–Crippen MR) is 64.3 cm³/mol. The Morgan fingerprint density at radius 1 is 1.67 bits per heavy atom. The number of nitrogens with one attached hydrogen (secondary N) is 1. The largest absolute Gasteiger partial charge is 0.395 e. The molecule has 1 aliphatic carbocycles. The number of hydrogen-bond donors (Lipinski definition) is 2. The summed E-state index contributed by atoms with van der Waals surface area (Å²) in [4.78, 5) is 1.53. The van der Waals surface area contributed by atoms with Crippen molar-refractivity contribution in [3.8, 4) is 0 Å². The zero-order valence-corrected chi connectivity index (χ0v) is 10.0. The molecule has 0 amide bonds. The molecule has 1 heterocycles. The van der Waals surface area contributed by atoms with Crippen molar-refractivity contribution < 1.29 is 5.11 Å². The number of rotatable bonds is 4. The van der Waals surface area contributed by atoms with E-state index in [2.05, 4.69) is 23.7 Å². The van der Waals surface area contributed by atoms with Crippen LogP contribution in [-0.2, 0) is 6.42 Å². The van der Waals surface area contributed by atoms with Crippen molar-refractivity contribution in [3.05, 3.63) is 21.9 Å². The Kier molecular flexibility index (Phi) is 3.78. The van der Waals surface area contributed by atoms with Gasteiger partial charge in [0, 0.05) is 17.0 Å². The van der Waals surface area contributed by atoms with Gasteiger partial charge >= 0.3 is 0 Å². The van der Waals surface area contributed by atoms with Crippen LogP contribution in [0.4, 0.5) is 0 Å². The van der Waals surface area contributed by atoms with Gasteiger partial charge in [-0.1, -0.05) is 6.92 Å². The molecule has 0 spiro atoms. The molecular formula is C12H19NOS. The molecule has 1 aromatic rings. The summed E-state index contributed by atoms with van der Waals surface area (Å²) in [6.07, 6.45) is 4.71. The molecule has 2 atom stereocenters. The number of fused-ring (bicyclic) bond motifs is 1. The summed E-state index contributed by atoms with van der Waals surface area (Å²) in [5.74, 6) is 0. The summed E-state index contributed by atoms with van der Waals surface area (Å²) in [5.41, 5.74) is 1.47. The van der Waals surface area contributed by atoms with E-state index in [4.69, 9.17) is 0 Å². The average Bonchev–Trinajstić information content (AvgIpc) is 2.74. The lowest BCUT2D eigenvalue weighted by Gasteiger charge is -2.27. The Labute approximate surface area is 95.3 Å². The maximum atomic E-state index is 9.20. The number of aliphatic hydroxyl groups is 1. The molecule has 0 fully saturated rings. The van der Waals surface area contributed by atoms with E-state index in [9.17, 15) is 5.11 Å². The van der Waals surface area contributed by atoms with Crippen molar-refractivity contribution in [2.45, 2.75) is 44.7 Å². The van der Waals surface area contributed by atoms with E-state index in [1.165, 1.54) is 29.7 Å². The monoisotopic (exact) mass is 225 g/mol. The van der Waals surface area contributed by atoms with Crippen LogP contribution in [0.3, 0.4) is 0 Å². The van der Waals surface area contributed by atoms with E-state index in [0.29, 0.717) is 6.04 Å². The molecule has 0 saturated heterocycles. The van der Waals surface area contributed by atoms with E-state index in [-0.39, 0.29) is 12.6 Å². The fourth-order valence-corrected chi connectivity index (χ4v) is 3.23. The maximum absolute atomic E-state index is 9.20. The van der Waals surface area contributed by atoms with E-state index >= 15 is 0 Å². The minimum absolute atomic E-state index is 0.243. The highest BCUT2D eigenvalue weighted by atomic mass is 32.1. The van der Waals surface area contributed by atoms with Gasteiger partial charge in [-0.3, -0.25) is 0 Å². The molecular weight excluding hydrogens is 206 g/mol. The third-order valence-corrected chi connectivity index (χ3v) is 4.20. The Bertz CT molecular complexity index is 306. The lowest BCUT2D eigenvalue weighted by molar-refractivity contribution is 0.223. The third kappa shape index (κ3) is 2.41. The second-order valence-electron chi connectivity index (χ2n) is 4.20. The van der Waals surface area contributed by atoms with Crippen molar-refractivity contribution in [2.24, 2.45) is 0 Å². The van der Waals surface area contributed by atoms with Crippen LogP contribution in [0, 0.1) is 0 Å². The zero-order valence-electron chi connectivity index (χ0n) is 9.20. The van der Waals surface area contributed by atoms with Crippen LogP contribution < -0.4 is 5.32 Å². The van der Waals surface area contributed by atoms with Gasteiger partial charge in [0.2, 0.25) is 0 Å². The standard InChI is InChI=1S/C12H19NOS/c1-2-9(8-14)13-11-4-3-5-12-10(11)6-7-15-12/h6-7,9,11,13-14H,2-5,8H2,1H3. The topological polar surface area (TPSA) is 32.3 Å². The highest BCUT2D eigenvalue weighted by Gasteiger charge is 2.22. The Hall–Kier alpha value is -0.380. The van der Waals surface area contributed by atoms with Crippen molar-refractivity contribution in [2.75, 3.05) is 6.61 Å².